The van der Waals surface area contributed by atoms with Crippen molar-refractivity contribution in [2.45, 2.75) is 51.4 Å². The molecule has 0 unspecified atom stereocenters. The predicted molar refractivity (Wildman–Crippen MR) is 83.6 cm³/mol. The van der Waals surface area contributed by atoms with Gasteiger partial charge in [-0.1, -0.05) is 6.07 Å². The molecule has 0 bridgehead atoms. The highest BCUT2D eigenvalue weighted by Crippen LogP contribution is 2.31. The molecule has 0 spiro atoms. The SMILES string of the molecule is Cc1cc2c(NC3CCC(=O)CC3)cccc2n1CC(F)(F)F. The quantitative estimate of drug-likeness (QED) is 0.906. The summed E-state index contributed by atoms with van der Waals surface area (Å²) in [6.45, 7) is 0.707. The number of ketones is 1. The molecule has 3 rings (SSSR count). The molecular weight excluding hydrogens is 305 g/mol. The van der Waals surface area contributed by atoms with Crippen LogP contribution in [0.5, 0.6) is 0 Å². The largest absolute Gasteiger partial charge is 0.406 e. The molecule has 2 aromatic rings. The van der Waals surface area contributed by atoms with Crippen molar-refractivity contribution < 1.29 is 18.0 Å². The van der Waals surface area contributed by atoms with Gasteiger partial charge in [0.25, 0.3) is 0 Å². The summed E-state index contributed by atoms with van der Waals surface area (Å²) in [5, 5.41) is 4.20. The van der Waals surface area contributed by atoms with Crippen LogP contribution in [-0.4, -0.2) is 22.6 Å². The standard InChI is InChI=1S/C17H19F3N2O/c1-11-9-14-15(21-12-5-7-13(23)8-6-12)3-2-4-16(14)22(11)10-17(18,19)20/h2-4,9,12,21H,5-8,10H2,1H3. The molecule has 23 heavy (non-hydrogen) atoms. The fraction of sp³-hybridized carbons (Fsp3) is 0.471. The molecule has 1 saturated carbocycles. The number of fused-ring (bicyclic) bond motifs is 1. The van der Waals surface area contributed by atoms with Crippen molar-refractivity contribution >= 4 is 22.4 Å². The molecule has 124 valence electrons. The molecule has 1 fully saturated rings. The number of hydrogen-bond acceptors (Lipinski definition) is 2. The first-order chi connectivity index (χ1) is 10.8. The fourth-order valence-corrected chi connectivity index (χ4v) is 3.24. The van der Waals surface area contributed by atoms with E-state index < -0.39 is 12.7 Å². The average molecular weight is 324 g/mol. The number of aryl methyl sites for hydroxylation is 1. The van der Waals surface area contributed by atoms with Crippen LogP contribution in [0.25, 0.3) is 10.9 Å². The zero-order chi connectivity index (χ0) is 16.6. The highest BCUT2D eigenvalue weighted by Gasteiger charge is 2.29. The third kappa shape index (κ3) is 3.51. The molecule has 1 aromatic heterocycles. The lowest BCUT2D eigenvalue weighted by atomic mass is 9.94. The van der Waals surface area contributed by atoms with Crippen LogP contribution >= 0.6 is 0 Å². The van der Waals surface area contributed by atoms with Gasteiger partial charge in [0.2, 0.25) is 0 Å². The molecule has 1 heterocycles. The maximum Gasteiger partial charge on any atom is 0.406 e. The van der Waals surface area contributed by atoms with E-state index in [4.69, 9.17) is 0 Å². The van der Waals surface area contributed by atoms with E-state index >= 15 is 0 Å². The van der Waals surface area contributed by atoms with E-state index in [0.717, 1.165) is 23.9 Å². The Kier molecular flexibility index (Phi) is 4.08. The van der Waals surface area contributed by atoms with E-state index in [1.165, 1.54) is 4.57 Å². The Morgan fingerprint density at radius 2 is 1.96 bits per heavy atom. The molecule has 3 nitrogen and oxygen atoms in total. The number of aromatic nitrogens is 1. The number of anilines is 1. The topological polar surface area (TPSA) is 34.0 Å². The second-order valence-electron chi connectivity index (χ2n) is 6.18. The summed E-state index contributed by atoms with van der Waals surface area (Å²) >= 11 is 0. The number of Topliss-reactive ketones (excluding diaryl/α,β-unsaturated/α-hetero) is 1. The van der Waals surface area contributed by atoms with Crippen molar-refractivity contribution in [1.29, 1.82) is 0 Å². The molecule has 0 aliphatic heterocycles. The zero-order valence-corrected chi connectivity index (χ0v) is 12.9. The van der Waals surface area contributed by atoms with Gasteiger partial charge in [-0.25, -0.2) is 0 Å². The van der Waals surface area contributed by atoms with Crippen molar-refractivity contribution in [2.75, 3.05) is 5.32 Å². The fourth-order valence-electron chi connectivity index (χ4n) is 3.24. The number of nitrogens with zero attached hydrogens (tertiary/aromatic N) is 1. The van der Waals surface area contributed by atoms with Crippen LogP contribution in [0.3, 0.4) is 0 Å². The number of rotatable bonds is 3. The van der Waals surface area contributed by atoms with Crippen molar-refractivity contribution in [3.05, 3.63) is 30.0 Å². The van der Waals surface area contributed by atoms with Gasteiger partial charge in [0.1, 0.15) is 12.3 Å². The molecular formula is C17H19F3N2O. The van der Waals surface area contributed by atoms with E-state index in [1.54, 1.807) is 25.1 Å². The Balaban J connectivity index is 1.90. The van der Waals surface area contributed by atoms with Crippen LogP contribution in [0.15, 0.2) is 24.3 Å². The summed E-state index contributed by atoms with van der Waals surface area (Å²) in [6.07, 6.45) is -1.55. The molecule has 1 N–H and O–H groups in total. The minimum atomic E-state index is -4.25. The lowest BCUT2D eigenvalue weighted by molar-refractivity contribution is -0.140. The molecule has 1 aliphatic rings. The first kappa shape index (κ1) is 15.9. The highest BCUT2D eigenvalue weighted by molar-refractivity contribution is 5.93. The minimum absolute atomic E-state index is 0.199. The Bertz CT molecular complexity index is 723. The summed E-state index contributed by atoms with van der Waals surface area (Å²) in [5.74, 6) is 0.286. The van der Waals surface area contributed by atoms with E-state index in [9.17, 15) is 18.0 Å². The second-order valence-corrected chi connectivity index (χ2v) is 6.18. The Hall–Kier alpha value is -1.98. The molecule has 0 radical (unpaired) electrons. The molecule has 1 aliphatic carbocycles. The number of hydrogen-bond donors (Lipinski definition) is 1. The number of nitrogens with one attached hydrogen (secondary N) is 1. The monoisotopic (exact) mass is 324 g/mol. The van der Waals surface area contributed by atoms with Gasteiger partial charge < -0.3 is 9.88 Å². The van der Waals surface area contributed by atoms with Gasteiger partial charge in [0.05, 0.1) is 5.52 Å². The maximum absolute atomic E-state index is 12.8. The lowest BCUT2D eigenvalue weighted by Crippen LogP contribution is -2.26. The van der Waals surface area contributed by atoms with Gasteiger partial charge >= 0.3 is 6.18 Å². The van der Waals surface area contributed by atoms with Gasteiger partial charge in [0, 0.05) is 35.7 Å². The van der Waals surface area contributed by atoms with Crippen LogP contribution in [0.4, 0.5) is 18.9 Å². The summed E-state index contributed by atoms with van der Waals surface area (Å²) in [5.41, 5.74) is 2.01. The zero-order valence-electron chi connectivity index (χ0n) is 12.9. The summed E-state index contributed by atoms with van der Waals surface area (Å²) in [4.78, 5) is 11.3. The number of carbonyl (C=O) groups excluding carboxylic acids is 1. The number of halogens is 3. The van der Waals surface area contributed by atoms with Gasteiger partial charge in [-0.05, 0) is 38.0 Å². The van der Waals surface area contributed by atoms with E-state index in [2.05, 4.69) is 5.32 Å². The number of benzene rings is 1. The third-order valence-electron chi connectivity index (χ3n) is 4.39. The van der Waals surface area contributed by atoms with Crippen molar-refractivity contribution in [2.24, 2.45) is 0 Å². The predicted octanol–water partition coefficient (Wildman–Crippen LogP) is 4.44. The van der Waals surface area contributed by atoms with Crippen LogP contribution in [0.1, 0.15) is 31.4 Å². The molecule has 0 amide bonds. The molecule has 0 saturated heterocycles. The number of alkyl halides is 3. The van der Waals surface area contributed by atoms with Crippen molar-refractivity contribution in [1.82, 2.24) is 4.57 Å². The van der Waals surface area contributed by atoms with Crippen LogP contribution in [0.2, 0.25) is 0 Å². The average Bonchev–Trinajstić information content (AvgIpc) is 2.77. The molecule has 0 atom stereocenters. The van der Waals surface area contributed by atoms with Crippen molar-refractivity contribution in [3.63, 3.8) is 0 Å². The Morgan fingerprint density at radius 1 is 1.26 bits per heavy atom. The lowest BCUT2D eigenvalue weighted by Gasteiger charge is -2.23. The first-order valence-corrected chi connectivity index (χ1v) is 7.77. The number of carbonyl (C=O) groups is 1. The summed E-state index contributed by atoms with van der Waals surface area (Å²) in [6, 6.07) is 7.35. The highest BCUT2D eigenvalue weighted by atomic mass is 19.4. The Morgan fingerprint density at radius 3 is 2.61 bits per heavy atom. The molecule has 1 aromatic carbocycles. The van der Waals surface area contributed by atoms with Crippen molar-refractivity contribution in [3.8, 4) is 0 Å². The smallest absolute Gasteiger partial charge is 0.382 e. The maximum atomic E-state index is 12.8. The third-order valence-corrected chi connectivity index (χ3v) is 4.39. The van der Waals surface area contributed by atoms with E-state index in [1.807, 2.05) is 6.07 Å². The molecule has 6 heteroatoms. The van der Waals surface area contributed by atoms with Gasteiger partial charge in [-0.2, -0.15) is 13.2 Å². The normalized spacial score (nSPS) is 17.0. The summed E-state index contributed by atoms with van der Waals surface area (Å²) in [7, 11) is 0. The van der Waals surface area contributed by atoms with Crippen LogP contribution in [0, 0.1) is 6.92 Å². The Labute approximate surface area is 132 Å². The van der Waals surface area contributed by atoms with E-state index in [0.29, 0.717) is 24.1 Å². The van der Waals surface area contributed by atoms with Crippen LogP contribution < -0.4 is 5.32 Å². The second kappa shape index (κ2) is 5.91. The minimum Gasteiger partial charge on any atom is -0.382 e. The van der Waals surface area contributed by atoms with Crippen LogP contribution in [-0.2, 0) is 11.3 Å². The van der Waals surface area contributed by atoms with Gasteiger partial charge in [-0.15, -0.1) is 0 Å². The first-order valence-electron chi connectivity index (χ1n) is 7.77. The van der Waals surface area contributed by atoms with Gasteiger partial charge in [0.15, 0.2) is 0 Å². The summed E-state index contributed by atoms with van der Waals surface area (Å²) < 4.78 is 39.6. The van der Waals surface area contributed by atoms with E-state index in [-0.39, 0.29) is 11.8 Å². The van der Waals surface area contributed by atoms with Gasteiger partial charge in [-0.3, -0.25) is 4.79 Å².